The van der Waals surface area contributed by atoms with E-state index in [2.05, 4.69) is 20.3 Å². The van der Waals surface area contributed by atoms with Gasteiger partial charge in [0.05, 0.1) is 5.69 Å². The van der Waals surface area contributed by atoms with Crippen molar-refractivity contribution in [1.29, 1.82) is 0 Å². The highest BCUT2D eigenvalue weighted by Gasteiger charge is 2.19. The summed E-state index contributed by atoms with van der Waals surface area (Å²) in [5, 5.41) is 4.99. The normalized spacial score (nSPS) is 10.9. The first-order chi connectivity index (χ1) is 13.7. The molecule has 0 aliphatic heterocycles. The van der Waals surface area contributed by atoms with E-state index in [9.17, 15) is 27.2 Å². The van der Waals surface area contributed by atoms with Crippen LogP contribution in [0.4, 0.5) is 26.2 Å². The van der Waals surface area contributed by atoms with Crippen LogP contribution in [0.3, 0.4) is 0 Å². The highest BCUT2D eigenvalue weighted by atomic mass is 32.2. The van der Waals surface area contributed by atoms with Gasteiger partial charge in [0.15, 0.2) is 4.90 Å². The number of hydrogen-bond acceptors (Lipinski definition) is 5. The molecule has 0 saturated carbocycles. The van der Waals surface area contributed by atoms with Crippen LogP contribution < -0.4 is 26.6 Å². The average Bonchev–Trinajstić information content (AvgIpc) is 2.63. The van der Waals surface area contributed by atoms with E-state index in [0.29, 0.717) is 5.69 Å². The third-order valence-electron chi connectivity index (χ3n) is 3.55. The average molecular weight is 419 g/mol. The molecule has 0 aliphatic rings. The highest BCUT2D eigenvalue weighted by molar-refractivity contribution is 7.92. The number of aromatic amines is 2. The van der Waals surface area contributed by atoms with Gasteiger partial charge in [-0.15, -0.1) is 0 Å². The quantitative estimate of drug-likeness (QED) is 0.426. The number of urea groups is 1. The Morgan fingerprint density at radius 3 is 2.28 bits per heavy atom. The molecule has 0 unspecified atom stereocenters. The molecule has 0 saturated heterocycles. The lowest BCUT2D eigenvalue weighted by Gasteiger charge is -2.10. The van der Waals surface area contributed by atoms with Crippen LogP contribution >= 0.6 is 0 Å². The number of halogens is 1. The fourth-order valence-electron chi connectivity index (χ4n) is 2.29. The predicted molar refractivity (Wildman–Crippen MR) is 104 cm³/mol. The van der Waals surface area contributed by atoms with Crippen molar-refractivity contribution in [2.24, 2.45) is 0 Å². The number of nitrogens with one attached hydrogen (secondary N) is 5. The van der Waals surface area contributed by atoms with Crippen molar-refractivity contribution in [2.75, 3.05) is 15.4 Å². The Morgan fingerprint density at radius 2 is 1.59 bits per heavy atom. The molecule has 1 heterocycles. The number of carbonyl (C=O) groups is 1. The molecule has 3 aromatic rings. The zero-order valence-electron chi connectivity index (χ0n) is 14.5. The Morgan fingerprint density at radius 1 is 0.931 bits per heavy atom. The summed E-state index contributed by atoms with van der Waals surface area (Å²) in [5.41, 5.74) is -1.24. The molecule has 0 radical (unpaired) electrons. The molecular weight excluding hydrogens is 405 g/mol. The van der Waals surface area contributed by atoms with Crippen LogP contribution in [0, 0.1) is 5.82 Å². The topological polar surface area (TPSA) is 153 Å². The van der Waals surface area contributed by atoms with E-state index in [0.717, 1.165) is 6.20 Å². The van der Waals surface area contributed by atoms with Crippen molar-refractivity contribution in [3.8, 4) is 0 Å². The zero-order valence-corrected chi connectivity index (χ0v) is 15.3. The number of aromatic nitrogens is 2. The van der Waals surface area contributed by atoms with Gasteiger partial charge in [0.25, 0.3) is 15.6 Å². The van der Waals surface area contributed by atoms with Gasteiger partial charge in [-0.25, -0.2) is 22.4 Å². The molecule has 5 N–H and O–H groups in total. The van der Waals surface area contributed by atoms with E-state index >= 15 is 0 Å². The number of H-pyrrole nitrogens is 2. The summed E-state index contributed by atoms with van der Waals surface area (Å²) >= 11 is 0. The van der Waals surface area contributed by atoms with E-state index in [4.69, 9.17) is 0 Å². The maximum atomic E-state index is 12.9. The lowest BCUT2D eigenvalue weighted by Crippen LogP contribution is -2.29. The second-order valence-corrected chi connectivity index (χ2v) is 7.36. The van der Waals surface area contributed by atoms with Gasteiger partial charge in [-0.3, -0.25) is 14.5 Å². The van der Waals surface area contributed by atoms with E-state index in [1.807, 2.05) is 4.98 Å². The summed E-state index contributed by atoms with van der Waals surface area (Å²) in [6, 6.07) is 10.2. The highest BCUT2D eigenvalue weighted by Crippen LogP contribution is 2.18. The monoisotopic (exact) mass is 419 g/mol. The molecule has 12 heteroatoms. The van der Waals surface area contributed by atoms with Crippen molar-refractivity contribution in [1.82, 2.24) is 9.97 Å². The number of carbonyl (C=O) groups excluding carboxylic acids is 1. The zero-order chi connectivity index (χ0) is 21.0. The van der Waals surface area contributed by atoms with Crippen LogP contribution in [0.2, 0.25) is 0 Å². The summed E-state index contributed by atoms with van der Waals surface area (Å²) in [4.78, 5) is 38.0. The number of sulfonamides is 1. The standard InChI is InChI=1S/C17H14FN5O5S/c18-10-4-6-11(7-5-10)20-17(26)21-12-2-1-3-13(8-12)23-29(27,28)14-9-19-16(25)22-15(14)24/h1-9,23H,(H2,20,21,26)(H2,19,22,24,25). The summed E-state index contributed by atoms with van der Waals surface area (Å²) in [5.74, 6) is -0.447. The van der Waals surface area contributed by atoms with Gasteiger partial charge < -0.3 is 15.6 Å². The third kappa shape index (κ3) is 5.07. The van der Waals surface area contributed by atoms with Gasteiger partial charge in [-0.1, -0.05) is 6.07 Å². The minimum atomic E-state index is -4.29. The molecule has 150 valence electrons. The van der Waals surface area contributed by atoms with Gasteiger partial charge >= 0.3 is 11.7 Å². The Bertz CT molecular complexity index is 1270. The van der Waals surface area contributed by atoms with Crippen molar-refractivity contribution in [3.63, 3.8) is 0 Å². The van der Waals surface area contributed by atoms with Crippen molar-refractivity contribution >= 4 is 33.1 Å². The van der Waals surface area contributed by atoms with Gasteiger partial charge in [0, 0.05) is 17.6 Å². The third-order valence-corrected chi connectivity index (χ3v) is 4.94. The van der Waals surface area contributed by atoms with Crippen LogP contribution in [-0.2, 0) is 10.0 Å². The molecule has 2 aromatic carbocycles. The van der Waals surface area contributed by atoms with Crippen molar-refractivity contribution in [3.05, 3.63) is 81.4 Å². The van der Waals surface area contributed by atoms with E-state index in [-0.39, 0.29) is 11.4 Å². The Hall–Kier alpha value is -3.93. The molecule has 29 heavy (non-hydrogen) atoms. The van der Waals surface area contributed by atoms with Crippen molar-refractivity contribution < 1.29 is 17.6 Å². The molecule has 0 fully saturated rings. The SMILES string of the molecule is O=C(Nc1ccc(F)cc1)Nc1cccc(NS(=O)(=O)c2c[nH]c(=O)[nH]c2=O)c1. The smallest absolute Gasteiger partial charge is 0.313 e. The molecule has 10 nitrogen and oxygen atoms in total. The number of amides is 2. The van der Waals surface area contributed by atoms with Gasteiger partial charge in [0.1, 0.15) is 5.82 Å². The number of benzene rings is 2. The predicted octanol–water partition coefficient (Wildman–Crippen LogP) is 1.65. The fourth-order valence-corrected chi connectivity index (χ4v) is 3.35. The minimum absolute atomic E-state index is 0.0650. The largest absolute Gasteiger partial charge is 0.325 e. The van der Waals surface area contributed by atoms with Crippen LogP contribution in [0.1, 0.15) is 0 Å². The molecule has 0 aliphatic carbocycles. The first kappa shape index (κ1) is 19.8. The number of rotatable bonds is 5. The van der Waals surface area contributed by atoms with Gasteiger partial charge in [0.2, 0.25) is 0 Å². The molecule has 0 bridgehead atoms. The van der Waals surface area contributed by atoms with Crippen LogP contribution in [0.25, 0.3) is 0 Å². The molecule has 3 rings (SSSR count). The maximum absolute atomic E-state index is 12.9. The Labute approximate surface area is 162 Å². The Kier molecular flexibility index (Phi) is 5.45. The molecule has 2 amide bonds. The van der Waals surface area contributed by atoms with Gasteiger partial charge in [-0.2, -0.15) is 0 Å². The number of hydrogen-bond donors (Lipinski definition) is 5. The summed E-state index contributed by atoms with van der Waals surface area (Å²) in [6.45, 7) is 0. The summed E-state index contributed by atoms with van der Waals surface area (Å²) in [6.07, 6.45) is 0.780. The summed E-state index contributed by atoms with van der Waals surface area (Å²) < 4.78 is 39.8. The van der Waals surface area contributed by atoms with Crippen molar-refractivity contribution in [2.45, 2.75) is 4.90 Å². The molecular formula is C17H14FN5O5S. The lowest BCUT2D eigenvalue weighted by atomic mass is 10.3. The molecule has 1 aromatic heterocycles. The molecule has 0 spiro atoms. The second kappa shape index (κ2) is 7.98. The Balaban J connectivity index is 1.73. The number of anilines is 3. The second-order valence-electron chi connectivity index (χ2n) is 5.71. The lowest BCUT2D eigenvalue weighted by molar-refractivity contribution is 0.262. The van der Waals surface area contributed by atoms with Crippen LogP contribution in [-0.4, -0.2) is 24.4 Å². The summed E-state index contributed by atoms with van der Waals surface area (Å²) in [7, 11) is -4.29. The molecule has 0 atom stereocenters. The van der Waals surface area contributed by atoms with E-state index < -0.39 is 38.0 Å². The minimum Gasteiger partial charge on any atom is -0.313 e. The first-order valence-electron chi connectivity index (χ1n) is 8.01. The van der Waals surface area contributed by atoms with E-state index in [1.54, 1.807) is 0 Å². The van der Waals surface area contributed by atoms with E-state index in [1.165, 1.54) is 48.5 Å². The fraction of sp³-hybridized carbons (Fsp3) is 0. The van der Waals surface area contributed by atoms with Gasteiger partial charge in [-0.05, 0) is 42.5 Å². The van der Waals surface area contributed by atoms with Crippen LogP contribution in [0.5, 0.6) is 0 Å². The maximum Gasteiger partial charge on any atom is 0.325 e. The first-order valence-corrected chi connectivity index (χ1v) is 9.50. The van der Waals surface area contributed by atoms with Crippen LogP contribution in [0.15, 0.2) is 69.2 Å².